The second-order valence-electron chi connectivity index (χ2n) is 6.14. The van der Waals surface area contributed by atoms with E-state index in [0.29, 0.717) is 18.1 Å². The Morgan fingerprint density at radius 2 is 1.45 bits per heavy atom. The third-order valence-electron chi connectivity index (χ3n) is 3.81. The summed E-state index contributed by atoms with van der Waals surface area (Å²) in [6, 6.07) is 13.6. The Balaban J connectivity index is 1.80. The second-order valence-corrected chi connectivity index (χ2v) is 6.14. The molecule has 2 aromatic rings. The van der Waals surface area contributed by atoms with Gasteiger partial charge in [-0.1, -0.05) is 31.9 Å². The molecule has 0 aliphatic rings. The molecule has 0 aliphatic heterocycles. The van der Waals surface area contributed by atoms with E-state index in [2.05, 4.69) is 6.92 Å². The average Bonchev–Trinajstić information content (AvgIpc) is 2.72. The molecule has 0 bridgehead atoms. The minimum absolute atomic E-state index is 0.247. The fraction of sp³-hybridized carbons (Fsp3) is 0.304. The van der Waals surface area contributed by atoms with Gasteiger partial charge in [-0.25, -0.2) is 9.59 Å². The molecule has 0 radical (unpaired) electrons. The quantitative estimate of drug-likeness (QED) is 0.175. The molecular formula is C23H26O6. The van der Waals surface area contributed by atoms with Crippen molar-refractivity contribution >= 4 is 18.2 Å². The van der Waals surface area contributed by atoms with Crippen LogP contribution in [0.1, 0.15) is 38.7 Å². The maximum Gasteiger partial charge on any atom is 0.513 e. The maximum absolute atomic E-state index is 12.0. The van der Waals surface area contributed by atoms with E-state index in [1.165, 1.54) is 6.08 Å². The van der Waals surface area contributed by atoms with Gasteiger partial charge in [-0.3, -0.25) is 0 Å². The largest absolute Gasteiger partial charge is 0.513 e. The molecule has 0 amide bonds. The lowest BCUT2D eigenvalue weighted by Gasteiger charge is -2.06. The van der Waals surface area contributed by atoms with Crippen LogP contribution in [0, 0.1) is 0 Å². The molecular weight excluding hydrogens is 372 g/mol. The molecule has 0 spiro atoms. The summed E-state index contributed by atoms with van der Waals surface area (Å²) in [5.74, 6) is 1.06. The highest BCUT2D eigenvalue weighted by Gasteiger charge is 2.05. The van der Waals surface area contributed by atoms with Gasteiger partial charge in [-0.05, 0) is 61.4 Å². The van der Waals surface area contributed by atoms with Crippen LogP contribution < -0.4 is 14.2 Å². The molecule has 0 fully saturated rings. The Hall–Kier alpha value is -3.28. The molecule has 0 atom stereocenters. The van der Waals surface area contributed by atoms with Crippen LogP contribution in [0.25, 0.3) is 6.08 Å². The smallest absolute Gasteiger partial charge is 0.494 e. The SMILES string of the molecule is CCCCCOc1ccc(OC(=O)/C=C/c2ccc(OC(=O)OCC)cc2)cc1. The molecule has 0 aliphatic carbocycles. The molecule has 6 nitrogen and oxygen atoms in total. The Morgan fingerprint density at radius 1 is 0.828 bits per heavy atom. The van der Waals surface area contributed by atoms with Gasteiger partial charge in [0.05, 0.1) is 13.2 Å². The molecule has 2 aromatic carbocycles. The number of carbonyl (C=O) groups is 2. The number of ether oxygens (including phenoxy) is 4. The van der Waals surface area contributed by atoms with Gasteiger partial charge in [0.25, 0.3) is 0 Å². The first-order valence-corrected chi connectivity index (χ1v) is 9.68. The van der Waals surface area contributed by atoms with Gasteiger partial charge in [0.2, 0.25) is 0 Å². The lowest BCUT2D eigenvalue weighted by Crippen LogP contribution is -2.09. The van der Waals surface area contributed by atoms with E-state index in [-0.39, 0.29) is 6.61 Å². The number of rotatable bonds is 10. The number of benzene rings is 2. The minimum Gasteiger partial charge on any atom is -0.494 e. The monoisotopic (exact) mass is 398 g/mol. The van der Waals surface area contributed by atoms with Crippen LogP contribution in [0.4, 0.5) is 4.79 Å². The van der Waals surface area contributed by atoms with Crippen molar-refractivity contribution in [3.05, 3.63) is 60.2 Å². The minimum atomic E-state index is -0.753. The van der Waals surface area contributed by atoms with Gasteiger partial charge >= 0.3 is 12.1 Å². The average molecular weight is 398 g/mol. The van der Waals surface area contributed by atoms with E-state index in [9.17, 15) is 9.59 Å². The summed E-state index contributed by atoms with van der Waals surface area (Å²) < 4.78 is 20.6. The molecule has 6 heteroatoms. The summed E-state index contributed by atoms with van der Waals surface area (Å²) in [5, 5.41) is 0. The van der Waals surface area contributed by atoms with Gasteiger partial charge in [0.1, 0.15) is 17.2 Å². The van der Waals surface area contributed by atoms with Crippen LogP contribution in [0.3, 0.4) is 0 Å². The molecule has 0 saturated carbocycles. The van der Waals surface area contributed by atoms with Crippen molar-refractivity contribution in [2.45, 2.75) is 33.1 Å². The van der Waals surface area contributed by atoms with Crippen molar-refractivity contribution in [1.29, 1.82) is 0 Å². The Kier molecular flexibility index (Phi) is 9.29. The van der Waals surface area contributed by atoms with Crippen molar-refractivity contribution in [3.63, 3.8) is 0 Å². The van der Waals surface area contributed by atoms with Gasteiger partial charge < -0.3 is 18.9 Å². The van der Waals surface area contributed by atoms with Crippen LogP contribution >= 0.6 is 0 Å². The zero-order valence-electron chi connectivity index (χ0n) is 16.8. The van der Waals surface area contributed by atoms with Crippen molar-refractivity contribution in [1.82, 2.24) is 0 Å². The van der Waals surface area contributed by atoms with E-state index >= 15 is 0 Å². The lowest BCUT2D eigenvalue weighted by molar-refractivity contribution is -0.128. The summed E-state index contributed by atoms with van der Waals surface area (Å²) in [6.45, 7) is 4.77. The molecule has 0 N–H and O–H groups in total. The van der Waals surface area contributed by atoms with Gasteiger partial charge in [-0.15, -0.1) is 0 Å². The molecule has 29 heavy (non-hydrogen) atoms. The van der Waals surface area contributed by atoms with Gasteiger partial charge in [0.15, 0.2) is 0 Å². The summed E-state index contributed by atoms with van der Waals surface area (Å²) in [7, 11) is 0. The Labute approximate surface area is 171 Å². The number of esters is 1. The molecule has 0 heterocycles. The molecule has 0 aromatic heterocycles. The van der Waals surface area contributed by atoms with Crippen molar-refractivity contribution in [3.8, 4) is 17.2 Å². The highest BCUT2D eigenvalue weighted by molar-refractivity contribution is 5.88. The third kappa shape index (κ3) is 8.51. The predicted molar refractivity (Wildman–Crippen MR) is 110 cm³/mol. The Morgan fingerprint density at radius 3 is 2.10 bits per heavy atom. The van der Waals surface area contributed by atoms with Crippen molar-refractivity contribution < 1.29 is 28.5 Å². The van der Waals surface area contributed by atoms with Crippen LogP contribution in [0.15, 0.2) is 54.6 Å². The zero-order chi connectivity index (χ0) is 20.9. The summed E-state index contributed by atoms with van der Waals surface area (Å²) in [5.41, 5.74) is 0.758. The standard InChI is InChI=1S/C23H26O6/c1-3-5-6-17-27-19-12-14-20(15-13-19)28-22(24)16-9-18-7-10-21(11-8-18)29-23(25)26-4-2/h7-16H,3-6,17H2,1-2H3/b16-9+. The number of hydrogen-bond donors (Lipinski definition) is 0. The van der Waals surface area contributed by atoms with Crippen LogP contribution in [-0.4, -0.2) is 25.3 Å². The molecule has 0 saturated heterocycles. The summed E-state index contributed by atoms with van der Waals surface area (Å²) in [4.78, 5) is 23.2. The summed E-state index contributed by atoms with van der Waals surface area (Å²) >= 11 is 0. The molecule has 2 rings (SSSR count). The van der Waals surface area contributed by atoms with Crippen LogP contribution in [-0.2, 0) is 9.53 Å². The summed E-state index contributed by atoms with van der Waals surface area (Å²) in [6.07, 6.45) is 5.50. The molecule has 0 unspecified atom stereocenters. The van der Waals surface area contributed by atoms with E-state index in [1.807, 2.05) is 0 Å². The van der Waals surface area contributed by atoms with Gasteiger partial charge in [0, 0.05) is 6.08 Å². The normalized spacial score (nSPS) is 10.6. The number of unbranched alkanes of at least 4 members (excludes halogenated alkanes) is 2. The molecule has 154 valence electrons. The van der Waals surface area contributed by atoms with E-state index in [4.69, 9.17) is 18.9 Å². The van der Waals surface area contributed by atoms with Crippen molar-refractivity contribution in [2.24, 2.45) is 0 Å². The highest BCUT2D eigenvalue weighted by Crippen LogP contribution is 2.19. The van der Waals surface area contributed by atoms with Crippen LogP contribution in [0.5, 0.6) is 17.2 Å². The maximum atomic E-state index is 12.0. The first-order chi connectivity index (χ1) is 14.1. The fourth-order valence-corrected chi connectivity index (χ4v) is 2.35. The second kappa shape index (κ2) is 12.2. The lowest BCUT2D eigenvalue weighted by atomic mass is 10.2. The topological polar surface area (TPSA) is 71.1 Å². The van der Waals surface area contributed by atoms with E-state index in [1.54, 1.807) is 61.5 Å². The first kappa shape index (κ1) is 22.0. The fourth-order valence-electron chi connectivity index (χ4n) is 2.35. The number of hydrogen-bond acceptors (Lipinski definition) is 6. The highest BCUT2D eigenvalue weighted by atomic mass is 16.7. The van der Waals surface area contributed by atoms with Crippen LogP contribution in [0.2, 0.25) is 0 Å². The number of carbonyl (C=O) groups excluding carboxylic acids is 2. The van der Waals surface area contributed by atoms with Crippen molar-refractivity contribution in [2.75, 3.05) is 13.2 Å². The third-order valence-corrected chi connectivity index (χ3v) is 3.81. The first-order valence-electron chi connectivity index (χ1n) is 9.68. The van der Waals surface area contributed by atoms with E-state index in [0.717, 1.165) is 30.6 Å². The Bertz CT molecular complexity index is 793. The van der Waals surface area contributed by atoms with Gasteiger partial charge in [-0.2, -0.15) is 0 Å². The zero-order valence-corrected chi connectivity index (χ0v) is 16.8. The van der Waals surface area contributed by atoms with E-state index < -0.39 is 12.1 Å². The predicted octanol–water partition coefficient (Wildman–Crippen LogP) is 5.41.